The van der Waals surface area contributed by atoms with Crippen molar-refractivity contribution in [2.24, 2.45) is 10.7 Å². The molecule has 0 bridgehead atoms. The first-order chi connectivity index (χ1) is 14.0. The lowest BCUT2D eigenvalue weighted by atomic mass is 9.96. The monoisotopic (exact) mass is 385 g/mol. The van der Waals surface area contributed by atoms with E-state index in [0.29, 0.717) is 11.4 Å². The molecule has 0 radical (unpaired) electrons. The molecule has 1 amide bonds. The highest BCUT2D eigenvalue weighted by Crippen LogP contribution is 2.27. The number of nitrogens with two attached hydrogens (primary N) is 1. The van der Waals surface area contributed by atoms with Crippen molar-refractivity contribution in [3.63, 3.8) is 0 Å². The molecule has 0 saturated heterocycles. The predicted molar refractivity (Wildman–Crippen MR) is 118 cm³/mol. The average molecular weight is 385 g/mol. The summed E-state index contributed by atoms with van der Waals surface area (Å²) in [6.45, 7) is 3.91. The van der Waals surface area contributed by atoms with Gasteiger partial charge in [-0.05, 0) is 60.4 Å². The molecule has 3 aromatic rings. The second-order valence-corrected chi connectivity index (χ2v) is 6.62. The van der Waals surface area contributed by atoms with E-state index in [-0.39, 0.29) is 5.91 Å². The van der Waals surface area contributed by atoms with Gasteiger partial charge in [0.1, 0.15) is 5.82 Å². The molecule has 29 heavy (non-hydrogen) atoms. The molecule has 0 aliphatic rings. The van der Waals surface area contributed by atoms with Gasteiger partial charge in [-0.25, -0.2) is 4.98 Å². The standard InChI is InChI=1S/C23H23N5O/c1-15-4-5-17(19(11-24)12-25-3)10-20(15)18-6-7-22(27-13-18)28-23(29)21-14-26-9-8-16(21)2/h4-14H,24H2,1-3H3,(H,27,28,29). The second kappa shape index (κ2) is 8.93. The highest BCUT2D eigenvalue weighted by atomic mass is 16.1. The van der Waals surface area contributed by atoms with E-state index in [2.05, 4.69) is 26.3 Å². The number of nitrogens with one attached hydrogen (secondary N) is 1. The zero-order chi connectivity index (χ0) is 20.8. The zero-order valence-electron chi connectivity index (χ0n) is 16.7. The molecule has 0 fully saturated rings. The number of allylic oxidation sites excluding steroid dienone is 1. The summed E-state index contributed by atoms with van der Waals surface area (Å²) in [5.41, 5.74) is 12.0. The van der Waals surface area contributed by atoms with Gasteiger partial charge >= 0.3 is 0 Å². The van der Waals surface area contributed by atoms with Gasteiger partial charge in [-0.1, -0.05) is 12.1 Å². The van der Waals surface area contributed by atoms with Gasteiger partial charge in [0.2, 0.25) is 0 Å². The lowest BCUT2D eigenvalue weighted by Crippen LogP contribution is -2.14. The number of hydrogen-bond donors (Lipinski definition) is 2. The number of nitrogens with zero attached hydrogens (tertiary/aromatic N) is 3. The van der Waals surface area contributed by atoms with Crippen LogP contribution in [0.3, 0.4) is 0 Å². The molecule has 146 valence electrons. The van der Waals surface area contributed by atoms with E-state index in [9.17, 15) is 4.79 Å². The molecule has 1 aromatic carbocycles. The fourth-order valence-corrected chi connectivity index (χ4v) is 2.98. The summed E-state index contributed by atoms with van der Waals surface area (Å²) in [6, 6.07) is 11.6. The molecular weight excluding hydrogens is 362 g/mol. The summed E-state index contributed by atoms with van der Waals surface area (Å²) in [5, 5.41) is 2.81. The Morgan fingerprint density at radius 2 is 1.93 bits per heavy atom. The fourth-order valence-electron chi connectivity index (χ4n) is 2.98. The van der Waals surface area contributed by atoms with E-state index in [0.717, 1.165) is 33.4 Å². The number of rotatable bonds is 5. The molecule has 3 N–H and O–H groups in total. The number of carbonyl (C=O) groups is 1. The van der Waals surface area contributed by atoms with Crippen LogP contribution in [-0.2, 0) is 0 Å². The lowest BCUT2D eigenvalue weighted by molar-refractivity contribution is 0.102. The van der Waals surface area contributed by atoms with Crippen molar-refractivity contribution < 1.29 is 4.79 Å². The quantitative estimate of drug-likeness (QED) is 0.649. The van der Waals surface area contributed by atoms with Crippen LogP contribution in [0, 0.1) is 13.8 Å². The molecule has 2 aromatic heterocycles. The Morgan fingerprint density at radius 3 is 2.59 bits per heavy atom. The van der Waals surface area contributed by atoms with Crippen LogP contribution in [-0.4, -0.2) is 29.1 Å². The predicted octanol–water partition coefficient (Wildman–Crippen LogP) is 4.01. The van der Waals surface area contributed by atoms with Gasteiger partial charge in [0, 0.05) is 49.2 Å². The molecule has 6 nitrogen and oxygen atoms in total. The highest BCUT2D eigenvalue weighted by molar-refractivity contribution is 6.10. The summed E-state index contributed by atoms with van der Waals surface area (Å²) in [4.78, 5) is 24.9. The number of hydrogen-bond acceptors (Lipinski definition) is 5. The summed E-state index contributed by atoms with van der Waals surface area (Å²) in [5.74, 6) is 0.252. The van der Waals surface area contributed by atoms with E-state index in [1.807, 2.05) is 32.0 Å². The van der Waals surface area contributed by atoms with Crippen LogP contribution in [0.2, 0.25) is 0 Å². The van der Waals surface area contributed by atoms with Crippen LogP contribution in [0.5, 0.6) is 0 Å². The first-order valence-corrected chi connectivity index (χ1v) is 9.17. The van der Waals surface area contributed by atoms with Crippen LogP contribution in [0.15, 0.2) is 66.2 Å². The van der Waals surface area contributed by atoms with E-state index < -0.39 is 0 Å². The molecule has 0 aliphatic heterocycles. The Hall–Kier alpha value is -3.80. The second-order valence-electron chi connectivity index (χ2n) is 6.62. The third-order valence-corrected chi connectivity index (χ3v) is 4.62. The smallest absolute Gasteiger partial charge is 0.258 e. The van der Waals surface area contributed by atoms with E-state index in [1.54, 1.807) is 50.2 Å². The summed E-state index contributed by atoms with van der Waals surface area (Å²) >= 11 is 0. The summed E-state index contributed by atoms with van der Waals surface area (Å²) < 4.78 is 0. The Labute approximate surface area is 170 Å². The van der Waals surface area contributed by atoms with Crippen molar-refractivity contribution in [3.8, 4) is 11.1 Å². The lowest BCUT2D eigenvalue weighted by Gasteiger charge is -2.11. The van der Waals surface area contributed by atoms with E-state index >= 15 is 0 Å². The third-order valence-electron chi connectivity index (χ3n) is 4.62. The van der Waals surface area contributed by atoms with Crippen LogP contribution in [0.1, 0.15) is 27.0 Å². The normalized spacial score (nSPS) is 11.6. The van der Waals surface area contributed by atoms with Crippen LogP contribution >= 0.6 is 0 Å². The van der Waals surface area contributed by atoms with Crippen LogP contribution in [0.25, 0.3) is 16.7 Å². The minimum atomic E-state index is -0.231. The fraction of sp³-hybridized carbons (Fsp3) is 0.130. The van der Waals surface area contributed by atoms with Gasteiger partial charge in [-0.3, -0.25) is 14.8 Å². The van der Waals surface area contributed by atoms with Gasteiger partial charge in [0.05, 0.1) is 5.56 Å². The number of benzene rings is 1. The summed E-state index contributed by atoms with van der Waals surface area (Å²) in [7, 11) is 1.71. The first-order valence-electron chi connectivity index (χ1n) is 9.17. The average Bonchev–Trinajstić information content (AvgIpc) is 2.73. The Balaban J connectivity index is 1.85. The van der Waals surface area contributed by atoms with Crippen molar-refractivity contribution >= 4 is 23.5 Å². The Morgan fingerprint density at radius 1 is 1.10 bits per heavy atom. The molecule has 6 heteroatoms. The van der Waals surface area contributed by atoms with E-state index in [1.165, 1.54) is 0 Å². The number of carbonyl (C=O) groups excluding carboxylic acids is 1. The van der Waals surface area contributed by atoms with Gasteiger partial charge in [-0.15, -0.1) is 0 Å². The SMILES string of the molecule is CN=CC(=CN)c1ccc(C)c(-c2ccc(NC(=O)c3cnccc3C)nc2)c1. The topological polar surface area (TPSA) is 93.3 Å². The van der Waals surface area contributed by atoms with E-state index in [4.69, 9.17) is 5.73 Å². The molecule has 0 saturated carbocycles. The van der Waals surface area contributed by atoms with Gasteiger partial charge in [-0.2, -0.15) is 0 Å². The molecule has 0 atom stereocenters. The molecule has 3 rings (SSSR count). The number of anilines is 1. The zero-order valence-corrected chi connectivity index (χ0v) is 16.7. The Kier molecular flexibility index (Phi) is 6.14. The summed E-state index contributed by atoms with van der Waals surface area (Å²) in [6.07, 6.45) is 8.23. The maximum absolute atomic E-state index is 12.4. The van der Waals surface area contributed by atoms with Crippen molar-refractivity contribution in [3.05, 3.63) is 83.4 Å². The first kappa shape index (κ1) is 19.9. The van der Waals surface area contributed by atoms with Crippen LogP contribution in [0.4, 0.5) is 5.82 Å². The molecule has 2 heterocycles. The van der Waals surface area contributed by atoms with Crippen LogP contribution < -0.4 is 11.1 Å². The number of amides is 1. The molecular formula is C23H23N5O. The highest BCUT2D eigenvalue weighted by Gasteiger charge is 2.11. The largest absolute Gasteiger partial charge is 0.404 e. The minimum absolute atomic E-state index is 0.231. The molecule has 0 spiro atoms. The van der Waals surface area contributed by atoms with Crippen molar-refractivity contribution in [2.45, 2.75) is 13.8 Å². The maximum atomic E-state index is 12.4. The number of aryl methyl sites for hydroxylation is 2. The minimum Gasteiger partial charge on any atom is -0.404 e. The van der Waals surface area contributed by atoms with Gasteiger partial charge < -0.3 is 11.1 Å². The van der Waals surface area contributed by atoms with Crippen molar-refractivity contribution in [1.82, 2.24) is 9.97 Å². The van der Waals surface area contributed by atoms with Gasteiger partial charge in [0.25, 0.3) is 5.91 Å². The van der Waals surface area contributed by atoms with Gasteiger partial charge in [0.15, 0.2) is 0 Å². The van der Waals surface area contributed by atoms with Crippen molar-refractivity contribution in [1.29, 1.82) is 0 Å². The third kappa shape index (κ3) is 4.55. The number of pyridine rings is 2. The molecule has 0 aliphatic carbocycles. The Bertz CT molecular complexity index is 1080. The molecule has 0 unspecified atom stereocenters. The maximum Gasteiger partial charge on any atom is 0.258 e. The number of aromatic nitrogens is 2. The number of aliphatic imine (C=N–C) groups is 1. The van der Waals surface area contributed by atoms with Crippen molar-refractivity contribution in [2.75, 3.05) is 12.4 Å².